The molecule has 1 unspecified atom stereocenters. The Labute approximate surface area is 157 Å². The van der Waals surface area contributed by atoms with Crippen LogP contribution in [0, 0.1) is 17.0 Å². The lowest BCUT2D eigenvalue weighted by atomic mass is 9.89. The van der Waals surface area contributed by atoms with Crippen molar-refractivity contribution in [2.45, 2.75) is 38.8 Å². The molecule has 7 nitrogen and oxygen atoms in total. The van der Waals surface area contributed by atoms with Gasteiger partial charge in [-0.1, -0.05) is 6.07 Å². The lowest BCUT2D eigenvalue weighted by Gasteiger charge is -2.38. The third kappa shape index (κ3) is 3.86. The number of amides is 1. The Kier molecular flexibility index (Phi) is 4.78. The quantitative estimate of drug-likeness (QED) is 0.650. The summed E-state index contributed by atoms with van der Waals surface area (Å²) in [6.45, 7) is 5.55. The van der Waals surface area contributed by atoms with Gasteiger partial charge in [0.15, 0.2) is 0 Å². The van der Waals surface area contributed by atoms with Crippen LogP contribution >= 0.6 is 0 Å². The third-order valence-electron chi connectivity index (χ3n) is 4.65. The Morgan fingerprint density at radius 3 is 2.70 bits per heavy atom. The molecule has 2 aromatic rings. The number of rotatable bonds is 4. The summed E-state index contributed by atoms with van der Waals surface area (Å²) in [6.07, 6.45) is 0.562. The average Bonchev–Trinajstić information content (AvgIpc) is 2.60. The number of hydrogen-bond acceptors (Lipinski definition) is 5. The van der Waals surface area contributed by atoms with E-state index < -0.39 is 10.5 Å². The molecular weight excluding hydrogens is 348 g/mol. The first-order chi connectivity index (χ1) is 12.7. The van der Waals surface area contributed by atoms with Crippen molar-refractivity contribution in [1.29, 1.82) is 0 Å². The normalized spacial score (nSPS) is 17.4. The molecule has 1 atom stereocenters. The van der Waals surface area contributed by atoms with Gasteiger partial charge in [0.25, 0.3) is 11.6 Å². The predicted molar refractivity (Wildman–Crippen MR) is 100 cm³/mol. The molecule has 1 N–H and O–H groups in total. The minimum absolute atomic E-state index is 0.0722. The smallest absolute Gasteiger partial charge is 0.273 e. The zero-order valence-electron chi connectivity index (χ0n) is 15.7. The van der Waals surface area contributed by atoms with Gasteiger partial charge in [0, 0.05) is 29.2 Å². The second kappa shape index (κ2) is 6.90. The van der Waals surface area contributed by atoms with Crippen molar-refractivity contribution in [3.8, 4) is 11.5 Å². The highest BCUT2D eigenvalue weighted by atomic mass is 16.6. The van der Waals surface area contributed by atoms with Crippen molar-refractivity contribution in [3.05, 3.63) is 63.2 Å². The van der Waals surface area contributed by atoms with Crippen molar-refractivity contribution >= 4 is 11.6 Å². The molecule has 1 aliphatic rings. The number of hydrogen-bond donors (Lipinski definition) is 1. The first-order valence-corrected chi connectivity index (χ1v) is 8.63. The van der Waals surface area contributed by atoms with Gasteiger partial charge < -0.3 is 14.8 Å². The summed E-state index contributed by atoms with van der Waals surface area (Å²) in [7, 11) is 1.58. The zero-order valence-corrected chi connectivity index (χ0v) is 15.7. The molecular formula is C20H22N2O5. The SMILES string of the molecule is COc1ccc2c(c1)C(NC(=O)c1ccc(C)c([N+](=O)[O-])c1)CC(C)(C)O2. The van der Waals surface area contributed by atoms with Gasteiger partial charge in [0.1, 0.15) is 17.1 Å². The molecule has 142 valence electrons. The highest BCUT2D eigenvalue weighted by molar-refractivity contribution is 5.95. The second-order valence-electron chi connectivity index (χ2n) is 7.25. The van der Waals surface area contributed by atoms with Crippen LogP contribution in [0.5, 0.6) is 11.5 Å². The molecule has 27 heavy (non-hydrogen) atoms. The van der Waals surface area contributed by atoms with Gasteiger partial charge in [-0.25, -0.2) is 0 Å². The third-order valence-corrected chi connectivity index (χ3v) is 4.65. The number of nitrogens with one attached hydrogen (secondary N) is 1. The van der Waals surface area contributed by atoms with E-state index in [4.69, 9.17) is 9.47 Å². The Balaban J connectivity index is 1.92. The zero-order chi connectivity index (χ0) is 19.8. The molecule has 0 aliphatic carbocycles. The van der Waals surface area contributed by atoms with Crippen molar-refractivity contribution in [1.82, 2.24) is 5.32 Å². The number of fused-ring (bicyclic) bond motifs is 1. The number of nitro benzene ring substituents is 1. The Bertz CT molecular complexity index is 907. The van der Waals surface area contributed by atoms with Gasteiger partial charge in [-0.3, -0.25) is 14.9 Å². The van der Waals surface area contributed by atoms with Crippen LogP contribution in [0.1, 0.15) is 47.8 Å². The maximum absolute atomic E-state index is 12.8. The predicted octanol–water partition coefficient (Wildman–Crippen LogP) is 3.94. The summed E-state index contributed by atoms with van der Waals surface area (Å²) in [4.78, 5) is 23.4. The maximum atomic E-state index is 12.8. The van der Waals surface area contributed by atoms with Gasteiger partial charge in [-0.15, -0.1) is 0 Å². The first kappa shape index (κ1) is 18.7. The van der Waals surface area contributed by atoms with E-state index in [1.54, 1.807) is 26.2 Å². The molecule has 1 heterocycles. The number of nitrogens with zero attached hydrogens (tertiary/aromatic N) is 1. The van der Waals surface area contributed by atoms with Crippen LogP contribution in [-0.2, 0) is 0 Å². The highest BCUT2D eigenvalue weighted by Crippen LogP contribution is 2.41. The van der Waals surface area contributed by atoms with E-state index in [9.17, 15) is 14.9 Å². The fourth-order valence-electron chi connectivity index (χ4n) is 3.28. The lowest BCUT2D eigenvalue weighted by molar-refractivity contribution is -0.385. The largest absolute Gasteiger partial charge is 0.497 e. The number of nitro groups is 1. The number of aryl methyl sites for hydroxylation is 1. The lowest BCUT2D eigenvalue weighted by Crippen LogP contribution is -2.41. The Morgan fingerprint density at radius 1 is 1.30 bits per heavy atom. The minimum atomic E-state index is -0.482. The van der Waals surface area contributed by atoms with Crippen LogP contribution in [-0.4, -0.2) is 23.5 Å². The van der Waals surface area contributed by atoms with E-state index in [-0.39, 0.29) is 23.2 Å². The highest BCUT2D eigenvalue weighted by Gasteiger charge is 2.35. The average molecular weight is 370 g/mol. The summed E-state index contributed by atoms with van der Waals surface area (Å²) in [5.74, 6) is 0.990. The van der Waals surface area contributed by atoms with Crippen LogP contribution in [0.3, 0.4) is 0 Å². The van der Waals surface area contributed by atoms with E-state index in [2.05, 4.69) is 5.32 Å². The minimum Gasteiger partial charge on any atom is -0.497 e. The fourth-order valence-corrected chi connectivity index (χ4v) is 3.28. The van der Waals surface area contributed by atoms with Crippen LogP contribution in [0.25, 0.3) is 0 Å². The van der Waals surface area contributed by atoms with E-state index >= 15 is 0 Å². The number of carbonyl (C=O) groups excluding carboxylic acids is 1. The Hall–Kier alpha value is -3.09. The van der Waals surface area contributed by atoms with Crippen molar-refractivity contribution in [2.24, 2.45) is 0 Å². The number of carbonyl (C=O) groups is 1. The molecule has 0 saturated carbocycles. The first-order valence-electron chi connectivity index (χ1n) is 8.63. The number of methoxy groups -OCH3 is 1. The number of benzene rings is 2. The number of ether oxygens (including phenoxy) is 2. The van der Waals surface area contributed by atoms with Gasteiger partial charge in [-0.05, 0) is 45.0 Å². The van der Waals surface area contributed by atoms with E-state index in [1.165, 1.54) is 6.07 Å². The van der Waals surface area contributed by atoms with Gasteiger partial charge in [-0.2, -0.15) is 0 Å². The summed E-state index contributed by atoms with van der Waals surface area (Å²) in [5, 5.41) is 14.1. The molecule has 3 rings (SSSR count). The standard InChI is InChI=1S/C20H22N2O5/c1-12-5-6-13(9-17(12)22(24)25)19(23)21-16-11-20(2,3)27-18-8-7-14(26-4)10-15(16)18/h5-10,16H,11H2,1-4H3,(H,21,23). The van der Waals surface area contributed by atoms with Crippen LogP contribution in [0.2, 0.25) is 0 Å². The van der Waals surface area contributed by atoms with Gasteiger partial charge in [0.05, 0.1) is 18.1 Å². The van der Waals surface area contributed by atoms with Gasteiger partial charge in [0.2, 0.25) is 0 Å². The fraction of sp³-hybridized carbons (Fsp3) is 0.350. The van der Waals surface area contributed by atoms with Crippen molar-refractivity contribution < 1.29 is 19.2 Å². The maximum Gasteiger partial charge on any atom is 0.273 e. The summed E-state index contributed by atoms with van der Waals surface area (Å²) >= 11 is 0. The summed E-state index contributed by atoms with van der Waals surface area (Å²) in [5.41, 5.74) is 1.05. The molecule has 2 aromatic carbocycles. The molecule has 0 radical (unpaired) electrons. The monoisotopic (exact) mass is 370 g/mol. The van der Waals surface area contributed by atoms with E-state index in [0.29, 0.717) is 23.5 Å². The molecule has 1 aliphatic heterocycles. The van der Waals surface area contributed by atoms with E-state index in [0.717, 1.165) is 5.56 Å². The molecule has 0 spiro atoms. The van der Waals surface area contributed by atoms with Crippen molar-refractivity contribution in [2.75, 3.05) is 7.11 Å². The van der Waals surface area contributed by atoms with Crippen LogP contribution in [0.4, 0.5) is 5.69 Å². The second-order valence-corrected chi connectivity index (χ2v) is 7.25. The molecule has 0 bridgehead atoms. The van der Waals surface area contributed by atoms with Crippen molar-refractivity contribution in [3.63, 3.8) is 0 Å². The van der Waals surface area contributed by atoms with E-state index in [1.807, 2.05) is 32.0 Å². The van der Waals surface area contributed by atoms with Gasteiger partial charge >= 0.3 is 0 Å². The summed E-state index contributed by atoms with van der Waals surface area (Å²) < 4.78 is 11.3. The van der Waals surface area contributed by atoms with Crippen LogP contribution < -0.4 is 14.8 Å². The Morgan fingerprint density at radius 2 is 2.04 bits per heavy atom. The molecule has 7 heteroatoms. The molecule has 0 aromatic heterocycles. The summed E-state index contributed by atoms with van der Waals surface area (Å²) in [6, 6.07) is 9.65. The molecule has 0 fully saturated rings. The van der Waals surface area contributed by atoms with Crippen LogP contribution in [0.15, 0.2) is 36.4 Å². The topological polar surface area (TPSA) is 90.7 Å². The molecule has 0 saturated heterocycles. The molecule has 1 amide bonds.